The van der Waals surface area contributed by atoms with Crippen LogP contribution in [0, 0.1) is 17.8 Å². The van der Waals surface area contributed by atoms with Crippen molar-refractivity contribution in [1.82, 2.24) is 5.32 Å². The second-order valence-electron chi connectivity index (χ2n) is 6.31. The van der Waals surface area contributed by atoms with Crippen molar-refractivity contribution in [2.24, 2.45) is 17.8 Å². The maximum absolute atomic E-state index is 11.7. The molecule has 3 aliphatic carbocycles. The molecule has 3 saturated carbocycles. The Bertz CT molecular complexity index is 310. The van der Waals surface area contributed by atoms with Crippen molar-refractivity contribution < 1.29 is 9.53 Å². The van der Waals surface area contributed by atoms with Crippen molar-refractivity contribution in [2.45, 2.75) is 64.0 Å². The van der Waals surface area contributed by atoms with Gasteiger partial charge < -0.3 is 10.1 Å². The molecular formula is C15H25NO2. The fraction of sp³-hybridized carbons (Fsp3) is 0.933. The number of fused-ring (bicyclic) bond motifs is 1. The predicted octanol–water partition coefficient (Wildman–Crippen LogP) is 2.50. The molecule has 3 heteroatoms. The second-order valence-corrected chi connectivity index (χ2v) is 6.31. The Kier molecular flexibility index (Phi) is 3.60. The van der Waals surface area contributed by atoms with Gasteiger partial charge >= 0.3 is 5.97 Å². The third-order valence-corrected chi connectivity index (χ3v) is 5.14. The molecule has 1 unspecified atom stereocenters. The van der Waals surface area contributed by atoms with E-state index in [1.54, 1.807) is 0 Å². The van der Waals surface area contributed by atoms with Crippen molar-refractivity contribution >= 4 is 5.97 Å². The zero-order chi connectivity index (χ0) is 12.5. The highest BCUT2D eigenvalue weighted by atomic mass is 16.5. The molecule has 0 spiro atoms. The minimum Gasteiger partial charge on any atom is -0.466 e. The quantitative estimate of drug-likeness (QED) is 0.780. The lowest BCUT2D eigenvalue weighted by Crippen LogP contribution is -2.41. The number of carbonyl (C=O) groups is 1. The lowest BCUT2D eigenvalue weighted by molar-refractivity contribution is -0.149. The molecule has 0 aliphatic heterocycles. The van der Waals surface area contributed by atoms with Gasteiger partial charge in [0.25, 0.3) is 0 Å². The van der Waals surface area contributed by atoms with Crippen molar-refractivity contribution in [1.29, 1.82) is 0 Å². The van der Waals surface area contributed by atoms with Crippen LogP contribution in [0.25, 0.3) is 0 Å². The molecule has 0 saturated heterocycles. The van der Waals surface area contributed by atoms with Crippen LogP contribution in [0.1, 0.15) is 51.9 Å². The van der Waals surface area contributed by atoms with E-state index in [2.05, 4.69) is 5.32 Å². The smallest absolute Gasteiger partial charge is 0.308 e. The maximum atomic E-state index is 11.7. The fourth-order valence-corrected chi connectivity index (χ4v) is 3.97. The van der Waals surface area contributed by atoms with Gasteiger partial charge in [-0.2, -0.15) is 0 Å². The van der Waals surface area contributed by atoms with Gasteiger partial charge in [0, 0.05) is 12.1 Å². The normalized spacial score (nSPS) is 42.4. The molecule has 3 rings (SSSR count). The molecule has 18 heavy (non-hydrogen) atoms. The van der Waals surface area contributed by atoms with Crippen LogP contribution in [0.4, 0.5) is 0 Å². The average Bonchev–Trinajstić information content (AvgIpc) is 3.07. The molecule has 3 fully saturated rings. The van der Waals surface area contributed by atoms with Crippen LogP contribution < -0.4 is 5.32 Å². The van der Waals surface area contributed by atoms with Crippen molar-refractivity contribution in [2.75, 3.05) is 6.61 Å². The Balaban J connectivity index is 1.41. The first-order valence-corrected chi connectivity index (χ1v) is 7.70. The molecule has 0 aromatic rings. The summed E-state index contributed by atoms with van der Waals surface area (Å²) in [6, 6.07) is 1.44. The number of carbonyl (C=O) groups excluding carboxylic acids is 1. The van der Waals surface area contributed by atoms with Crippen LogP contribution in [0.5, 0.6) is 0 Å². The highest BCUT2D eigenvalue weighted by molar-refractivity contribution is 5.72. The Morgan fingerprint density at radius 2 is 1.94 bits per heavy atom. The molecule has 0 aromatic carbocycles. The van der Waals surface area contributed by atoms with Gasteiger partial charge in [-0.05, 0) is 63.7 Å². The van der Waals surface area contributed by atoms with Gasteiger partial charge in [-0.3, -0.25) is 4.79 Å². The molecule has 0 bridgehead atoms. The summed E-state index contributed by atoms with van der Waals surface area (Å²) in [5.41, 5.74) is 0. The van der Waals surface area contributed by atoms with E-state index in [0.29, 0.717) is 12.6 Å². The second kappa shape index (κ2) is 5.20. The molecule has 1 N–H and O–H groups in total. The van der Waals surface area contributed by atoms with E-state index in [-0.39, 0.29) is 11.9 Å². The number of ether oxygens (including phenoxy) is 1. The Labute approximate surface area is 110 Å². The largest absolute Gasteiger partial charge is 0.466 e. The first-order valence-electron chi connectivity index (χ1n) is 7.70. The summed E-state index contributed by atoms with van der Waals surface area (Å²) in [6.07, 6.45) is 8.62. The van der Waals surface area contributed by atoms with Crippen LogP contribution in [0.15, 0.2) is 0 Å². The molecule has 3 nitrogen and oxygen atoms in total. The summed E-state index contributed by atoms with van der Waals surface area (Å²) in [6.45, 7) is 2.40. The number of hydrogen-bond donors (Lipinski definition) is 1. The van der Waals surface area contributed by atoms with Crippen molar-refractivity contribution in [3.8, 4) is 0 Å². The minimum absolute atomic E-state index is 0.0269. The zero-order valence-electron chi connectivity index (χ0n) is 11.4. The number of hydrogen-bond acceptors (Lipinski definition) is 3. The Morgan fingerprint density at radius 3 is 2.50 bits per heavy atom. The molecule has 3 atom stereocenters. The lowest BCUT2D eigenvalue weighted by Gasteiger charge is -2.30. The van der Waals surface area contributed by atoms with E-state index in [9.17, 15) is 4.79 Å². The summed E-state index contributed by atoms with van der Waals surface area (Å²) >= 11 is 0. The third-order valence-electron chi connectivity index (χ3n) is 5.14. The van der Waals surface area contributed by atoms with Crippen LogP contribution in [0.3, 0.4) is 0 Å². The van der Waals surface area contributed by atoms with Crippen LogP contribution in [-0.2, 0) is 9.53 Å². The highest BCUT2D eigenvalue weighted by Gasteiger charge is 2.48. The van der Waals surface area contributed by atoms with Gasteiger partial charge in [-0.25, -0.2) is 0 Å². The van der Waals surface area contributed by atoms with Gasteiger partial charge in [0.2, 0.25) is 0 Å². The van der Waals surface area contributed by atoms with Crippen LogP contribution >= 0.6 is 0 Å². The standard InChI is InChI=1S/C15H25NO2/c1-2-18-15(17)10-3-6-12(7-4-10)16-14-8-5-11-9-13(11)14/h10-14,16H,2-9H2,1H3/t10?,11-,12?,13+,14?/m0/s1. The van der Waals surface area contributed by atoms with Crippen molar-refractivity contribution in [3.05, 3.63) is 0 Å². The van der Waals surface area contributed by atoms with E-state index in [0.717, 1.165) is 43.6 Å². The zero-order valence-corrected chi connectivity index (χ0v) is 11.4. The van der Waals surface area contributed by atoms with Gasteiger partial charge in [-0.1, -0.05) is 0 Å². The molecule has 0 aromatic heterocycles. The van der Waals surface area contributed by atoms with Gasteiger partial charge in [0.15, 0.2) is 0 Å². The molecule has 0 amide bonds. The SMILES string of the molecule is CCOC(=O)C1CCC(NC2CC[C@H]3C[C@@H]23)CC1. The van der Waals surface area contributed by atoms with Gasteiger partial charge in [-0.15, -0.1) is 0 Å². The number of rotatable bonds is 4. The summed E-state index contributed by atoms with van der Waals surface area (Å²) in [5, 5.41) is 3.85. The maximum Gasteiger partial charge on any atom is 0.308 e. The predicted molar refractivity (Wildman–Crippen MR) is 70.1 cm³/mol. The van der Waals surface area contributed by atoms with Crippen molar-refractivity contribution in [3.63, 3.8) is 0 Å². The van der Waals surface area contributed by atoms with Gasteiger partial charge in [0.1, 0.15) is 0 Å². The van der Waals surface area contributed by atoms with Crippen LogP contribution in [-0.4, -0.2) is 24.7 Å². The molecule has 3 aliphatic rings. The molecular weight excluding hydrogens is 226 g/mol. The third kappa shape index (κ3) is 2.56. The Hall–Kier alpha value is -0.570. The molecule has 0 heterocycles. The van der Waals surface area contributed by atoms with E-state index >= 15 is 0 Å². The van der Waals surface area contributed by atoms with E-state index < -0.39 is 0 Å². The van der Waals surface area contributed by atoms with Gasteiger partial charge in [0.05, 0.1) is 12.5 Å². The summed E-state index contributed by atoms with van der Waals surface area (Å²) in [5.74, 6) is 2.24. The van der Waals surface area contributed by atoms with E-state index in [4.69, 9.17) is 4.74 Å². The topological polar surface area (TPSA) is 38.3 Å². The van der Waals surface area contributed by atoms with E-state index in [1.165, 1.54) is 19.3 Å². The first-order chi connectivity index (χ1) is 8.78. The van der Waals surface area contributed by atoms with Crippen LogP contribution in [0.2, 0.25) is 0 Å². The summed E-state index contributed by atoms with van der Waals surface area (Å²) in [7, 11) is 0. The number of esters is 1. The average molecular weight is 251 g/mol. The number of nitrogens with one attached hydrogen (secondary N) is 1. The molecule has 102 valence electrons. The van der Waals surface area contributed by atoms with E-state index in [1.807, 2.05) is 6.92 Å². The highest BCUT2D eigenvalue weighted by Crippen LogP contribution is 2.52. The fourth-order valence-electron chi connectivity index (χ4n) is 3.97. The summed E-state index contributed by atoms with van der Waals surface area (Å²) in [4.78, 5) is 11.7. The minimum atomic E-state index is 0.0269. The monoisotopic (exact) mass is 251 g/mol. The lowest BCUT2D eigenvalue weighted by atomic mass is 9.85. The first kappa shape index (κ1) is 12.5. The molecule has 0 radical (unpaired) electrons. The Morgan fingerprint density at radius 1 is 1.17 bits per heavy atom. The summed E-state index contributed by atoms with van der Waals surface area (Å²) < 4.78 is 5.11.